The summed E-state index contributed by atoms with van der Waals surface area (Å²) in [5.41, 5.74) is 5.58. The van der Waals surface area contributed by atoms with E-state index >= 15 is 0 Å². The molecule has 3 unspecified atom stereocenters. The number of hydrogen-bond donors (Lipinski definition) is 1. The third-order valence-corrected chi connectivity index (χ3v) is 1.55. The smallest absolute Gasteiger partial charge is 0.160 e. The van der Waals surface area contributed by atoms with E-state index in [0.29, 0.717) is 6.61 Å². The minimum Gasteiger partial charge on any atom is -0.353 e. The average Bonchev–Trinajstić information content (AvgIpc) is 2.04. The fourth-order valence-corrected chi connectivity index (χ4v) is 0.918. The number of ether oxygens (including phenoxy) is 3. The quantitative estimate of drug-likeness (QED) is 0.619. The highest BCUT2D eigenvalue weighted by Gasteiger charge is 2.11. The molecule has 0 aromatic carbocycles. The van der Waals surface area contributed by atoms with Crippen LogP contribution in [0.1, 0.15) is 34.1 Å². The summed E-state index contributed by atoms with van der Waals surface area (Å²) in [5, 5.41) is 0. The van der Waals surface area contributed by atoms with Crippen LogP contribution < -0.4 is 5.73 Å². The first kappa shape index (κ1) is 12.8. The SMILES string of the molecule is CCOC(C)OC(C)OC(N)CC. The maximum absolute atomic E-state index is 5.58. The lowest BCUT2D eigenvalue weighted by atomic mass is 10.4. The summed E-state index contributed by atoms with van der Waals surface area (Å²) in [6.07, 6.45) is -0.0548. The van der Waals surface area contributed by atoms with E-state index in [0.717, 1.165) is 6.42 Å². The zero-order chi connectivity index (χ0) is 10.3. The van der Waals surface area contributed by atoms with E-state index in [4.69, 9.17) is 19.9 Å². The Kier molecular flexibility index (Phi) is 7.17. The summed E-state index contributed by atoms with van der Waals surface area (Å²) in [5.74, 6) is 0. The van der Waals surface area contributed by atoms with E-state index in [9.17, 15) is 0 Å². The van der Waals surface area contributed by atoms with E-state index in [1.807, 2.05) is 27.7 Å². The van der Waals surface area contributed by atoms with Gasteiger partial charge < -0.3 is 19.9 Å². The van der Waals surface area contributed by atoms with Gasteiger partial charge in [-0.1, -0.05) is 6.92 Å². The first-order chi connectivity index (χ1) is 6.10. The van der Waals surface area contributed by atoms with Crippen LogP contribution in [0.2, 0.25) is 0 Å². The molecule has 4 heteroatoms. The molecule has 0 heterocycles. The Morgan fingerprint density at radius 3 is 2.15 bits per heavy atom. The lowest BCUT2D eigenvalue weighted by Gasteiger charge is -2.21. The molecule has 0 aliphatic rings. The van der Waals surface area contributed by atoms with Crippen molar-refractivity contribution < 1.29 is 14.2 Å². The minimum absolute atomic E-state index is 0.246. The molecule has 0 saturated carbocycles. The standard InChI is InChI=1S/C9H21NO3/c1-5-9(10)13-8(4)12-7(3)11-6-2/h7-9H,5-6,10H2,1-4H3. The first-order valence-corrected chi connectivity index (χ1v) is 4.78. The monoisotopic (exact) mass is 191 g/mol. The summed E-state index contributed by atoms with van der Waals surface area (Å²) in [4.78, 5) is 0. The van der Waals surface area contributed by atoms with Crippen molar-refractivity contribution in [2.45, 2.75) is 52.9 Å². The molecule has 13 heavy (non-hydrogen) atoms. The van der Waals surface area contributed by atoms with Crippen LogP contribution in [0.4, 0.5) is 0 Å². The molecule has 80 valence electrons. The van der Waals surface area contributed by atoms with Crippen molar-refractivity contribution >= 4 is 0 Å². The van der Waals surface area contributed by atoms with Crippen LogP contribution in [0.25, 0.3) is 0 Å². The van der Waals surface area contributed by atoms with Gasteiger partial charge in [-0.15, -0.1) is 0 Å². The molecule has 0 radical (unpaired) electrons. The van der Waals surface area contributed by atoms with Gasteiger partial charge in [-0.05, 0) is 27.2 Å². The zero-order valence-electron chi connectivity index (χ0n) is 8.95. The molecule has 3 atom stereocenters. The third-order valence-electron chi connectivity index (χ3n) is 1.55. The van der Waals surface area contributed by atoms with Gasteiger partial charge in [-0.2, -0.15) is 0 Å². The van der Waals surface area contributed by atoms with Gasteiger partial charge in [0.05, 0.1) is 0 Å². The van der Waals surface area contributed by atoms with Crippen molar-refractivity contribution in [3.63, 3.8) is 0 Å². The average molecular weight is 191 g/mol. The highest BCUT2D eigenvalue weighted by atomic mass is 16.8. The number of hydrogen-bond acceptors (Lipinski definition) is 4. The molecular formula is C9H21NO3. The van der Waals surface area contributed by atoms with E-state index < -0.39 is 0 Å². The van der Waals surface area contributed by atoms with Gasteiger partial charge in [-0.3, -0.25) is 0 Å². The second-order valence-electron chi connectivity index (χ2n) is 2.81. The summed E-state index contributed by atoms with van der Waals surface area (Å²) >= 11 is 0. The van der Waals surface area contributed by atoms with Gasteiger partial charge >= 0.3 is 0 Å². The molecule has 0 bridgehead atoms. The summed E-state index contributed by atoms with van der Waals surface area (Å²) in [7, 11) is 0. The second-order valence-corrected chi connectivity index (χ2v) is 2.81. The van der Waals surface area contributed by atoms with Crippen molar-refractivity contribution in [2.75, 3.05) is 6.61 Å². The van der Waals surface area contributed by atoms with Crippen molar-refractivity contribution in [3.8, 4) is 0 Å². The van der Waals surface area contributed by atoms with E-state index in [2.05, 4.69) is 0 Å². The molecular weight excluding hydrogens is 170 g/mol. The van der Waals surface area contributed by atoms with Crippen LogP contribution in [0.3, 0.4) is 0 Å². The predicted molar refractivity (Wildman–Crippen MR) is 51.0 cm³/mol. The zero-order valence-corrected chi connectivity index (χ0v) is 8.95. The van der Waals surface area contributed by atoms with E-state index in [-0.39, 0.29) is 18.8 Å². The van der Waals surface area contributed by atoms with Crippen LogP contribution in [0.15, 0.2) is 0 Å². The topological polar surface area (TPSA) is 53.7 Å². The number of nitrogens with two attached hydrogens (primary N) is 1. The van der Waals surface area contributed by atoms with Crippen molar-refractivity contribution in [2.24, 2.45) is 5.73 Å². The van der Waals surface area contributed by atoms with Crippen LogP contribution >= 0.6 is 0 Å². The van der Waals surface area contributed by atoms with Gasteiger partial charge in [0.25, 0.3) is 0 Å². The molecule has 0 aromatic rings. The van der Waals surface area contributed by atoms with E-state index in [1.165, 1.54) is 0 Å². The molecule has 0 aliphatic heterocycles. The summed E-state index contributed by atoms with van der Waals surface area (Å²) < 4.78 is 15.8. The fourth-order valence-electron chi connectivity index (χ4n) is 0.918. The largest absolute Gasteiger partial charge is 0.353 e. The molecule has 2 N–H and O–H groups in total. The second kappa shape index (κ2) is 7.26. The Morgan fingerprint density at radius 1 is 1.08 bits per heavy atom. The van der Waals surface area contributed by atoms with Gasteiger partial charge in [-0.25, -0.2) is 0 Å². The number of rotatable bonds is 7. The van der Waals surface area contributed by atoms with Crippen LogP contribution in [0, 0.1) is 0 Å². The molecule has 0 amide bonds. The van der Waals surface area contributed by atoms with Gasteiger partial charge in [0.1, 0.15) is 6.23 Å². The van der Waals surface area contributed by atoms with Crippen molar-refractivity contribution in [1.82, 2.24) is 0 Å². The molecule has 0 saturated heterocycles. The minimum atomic E-state index is -0.323. The van der Waals surface area contributed by atoms with Gasteiger partial charge in [0.2, 0.25) is 0 Å². The van der Waals surface area contributed by atoms with Crippen molar-refractivity contribution in [1.29, 1.82) is 0 Å². The molecule has 0 spiro atoms. The molecule has 0 aliphatic carbocycles. The first-order valence-electron chi connectivity index (χ1n) is 4.78. The van der Waals surface area contributed by atoms with Crippen LogP contribution in [-0.4, -0.2) is 25.4 Å². The Labute approximate surface area is 80.3 Å². The Morgan fingerprint density at radius 2 is 1.69 bits per heavy atom. The van der Waals surface area contributed by atoms with E-state index in [1.54, 1.807) is 0 Å². The van der Waals surface area contributed by atoms with Gasteiger partial charge in [0, 0.05) is 6.61 Å². The molecule has 0 aromatic heterocycles. The lowest BCUT2D eigenvalue weighted by Crippen LogP contribution is -2.31. The highest BCUT2D eigenvalue weighted by molar-refractivity contribution is 4.44. The fraction of sp³-hybridized carbons (Fsp3) is 1.00. The molecule has 4 nitrogen and oxygen atoms in total. The van der Waals surface area contributed by atoms with Crippen LogP contribution in [0.5, 0.6) is 0 Å². The maximum Gasteiger partial charge on any atom is 0.160 e. The summed E-state index contributed by atoms with van der Waals surface area (Å²) in [6.45, 7) is 8.16. The summed E-state index contributed by atoms with van der Waals surface area (Å²) in [6, 6.07) is 0. The Hall–Kier alpha value is -0.160. The third kappa shape index (κ3) is 6.95. The molecule has 0 rings (SSSR count). The van der Waals surface area contributed by atoms with Crippen LogP contribution in [-0.2, 0) is 14.2 Å². The lowest BCUT2D eigenvalue weighted by molar-refractivity contribution is -0.243. The maximum atomic E-state index is 5.58. The molecule has 0 fully saturated rings. The van der Waals surface area contributed by atoms with Gasteiger partial charge in [0.15, 0.2) is 12.6 Å². The predicted octanol–water partition coefficient (Wildman–Crippen LogP) is 1.44. The Balaban J connectivity index is 3.54. The van der Waals surface area contributed by atoms with Crippen molar-refractivity contribution in [3.05, 3.63) is 0 Å². The Bertz CT molecular complexity index is 121. The highest BCUT2D eigenvalue weighted by Crippen LogP contribution is 2.03. The normalized spacial score (nSPS) is 18.2.